The van der Waals surface area contributed by atoms with Crippen molar-refractivity contribution in [3.8, 4) is 0 Å². The average molecular weight is 258 g/mol. The minimum Gasteiger partial charge on any atom is -0.314 e. The van der Waals surface area contributed by atoms with E-state index in [9.17, 15) is 4.39 Å². The summed E-state index contributed by atoms with van der Waals surface area (Å²) in [5.41, 5.74) is 0.804. The second kappa shape index (κ2) is 4.41. The fourth-order valence-electron chi connectivity index (χ4n) is 1.90. The molecule has 0 aliphatic carbocycles. The second-order valence-corrected chi connectivity index (χ2v) is 4.65. The third-order valence-electron chi connectivity index (χ3n) is 2.64. The molecule has 14 heavy (non-hydrogen) atoms. The quantitative estimate of drug-likeness (QED) is 0.860. The maximum absolute atomic E-state index is 13.4. The van der Waals surface area contributed by atoms with Crippen molar-refractivity contribution in [1.82, 2.24) is 5.32 Å². The molecule has 0 amide bonds. The molecule has 1 aromatic rings. The molecule has 0 bridgehead atoms. The van der Waals surface area contributed by atoms with Gasteiger partial charge >= 0.3 is 0 Å². The molecule has 1 unspecified atom stereocenters. The van der Waals surface area contributed by atoms with Gasteiger partial charge < -0.3 is 5.32 Å². The van der Waals surface area contributed by atoms with Crippen LogP contribution in [-0.4, -0.2) is 12.6 Å². The Morgan fingerprint density at radius 3 is 3.07 bits per heavy atom. The van der Waals surface area contributed by atoms with Crippen LogP contribution in [0.3, 0.4) is 0 Å². The van der Waals surface area contributed by atoms with Gasteiger partial charge in [-0.15, -0.1) is 0 Å². The summed E-state index contributed by atoms with van der Waals surface area (Å²) in [6, 6.07) is 5.59. The fourth-order valence-corrected chi connectivity index (χ4v) is 2.30. The van der Waals surface area contributed by atoms with E-state index in [1.165, 1.54) is 12.5 Å². The Morgan fingerprint density at radius 2 is 2.36 bits per heavy atom. The van der Waals surface area contributed by atoms with Gasteiger partial charge in [0.2, 0.25) is 0 Å². The van der Waals surface area contributed by atoms with Crippen molar-refractivity contribution in [3.05, 3.63) is 34.1 Å². The topological polar surface area (TPSA) is 12.0 Å². The number of benzene rings is 1. The molecule has 2 rings (SSSR count). The molecule has 0 saturated carbocycles. The minimum atomic E-state index is -0.0955. The van der Waals surface area contributed by atoms with Gasteiger partial charge in [-0.1, -0.05) is 15.9 Å². The molecule has 1 aliphatic rings. The lowest BCUT2D eigenvalue weighted by atomic mass is 10.0. The smallest absolute Gasteiger partial charge is 0.126 e. The summed E-state index contributed by atoms with van der Waals surface area (Å²) in [6.45, 7) is 1.07. The van der Waals surface area contributed by atoms with Crippen LogP contribution >= 0.6 is 15.9 Å². The van der Waals surface area contributed by atoms with Gasteiger partial charge in [0.05, 0.1) is 0 Å². The normalized spacial score (nSPS) is 21.4. The van der Waals surface area contributed by atoms with Gasteiger partial charge in [-0.3, -0.25) is 0 Å². The van der Waals surface area contributed by atoms with Crippen molar-refractivity contribution in [1.29, 1.82) is 0 Å². The van der Waals surface area contributed by atoms with Crippen LogP contribution in [0.5, 0.6) is 0 Å². The summed E-state index contributed by atoms with van der Waals surface area (Å²) in [4.78, 5) is 0. The standard InChI is InChI=1S/C11H13BrFN/c12-9-3-4-11(13)8(6-9)7-10-2-1-5-14-10/h3-4,6,10,14H,1-2,5,7H2. The van der Waals surface area contributed by atoms with Gasteiger partial charge in [0, 0.05) is 10.5 Å². The molecular formula is C11H13BrFN. The molecule has 1 fully saturated rings. The van der Waals surface area contributed by atoms with Crippen LogP contribution in [0.2, 0.25) is 0 Å². The maximum Gasteiger partial charge on any atom is 0.126 e. The lowest BCUT2D eigenvalue weighted by molar-refractivity contribution is 0.560. The van der Waals surface area contributed by atoms with Gasteiger partial charge in [0.1, 0.15) is 5.82 Å². The Labute approximate surface area is 91.8 Å². The highest BCUT2D eigenvalue weighted by Crippen LogP contribution is 2.19. The monoisotopic (exact) mass is 257 g/mol. The van der Waals surface area contributed by atoms with Gasteiger partial charge in [0.25, 0.3) is 0 Å². The molecule has 0 spiro atoms. The predicted octanol–water partition coefficient (Wildman–Crippen LogP) is 2.88. The van der Waals surface area contributed by atoms with E-state index in [0.717, 1.165) is 29.4 Å². The van der Waals surface area contributed by atoms with E-state index in [1.54, 1.807) is 6.07 Å². The van der Waals surface area contributed by atoms with Crippen LogP contribution in [-0.2, 0) is 6.42 Å². The first-order valence-electron chi connectivity index (χ1n) is 4.93. The molecule has 0 aromatic heterocycles. The summed E-state index contributed by atoms with van der Waals surface area (Å²) in [5.74, 6) is -0.0955. The Kier molecular flexibility index (Phi) is 3.19. The first kappa shape index (κ1) is 10.1. The number of hydrogen-bond acceptors (Lipinski definition) is 1. The van der Waals surface area contributed by atoms with E-state index in [4.69, 9.17) is 0 Å². The Hall–Kier alpha value is -0.410. The largest absolute Gasteiger partial charge is 0.314 e. The summed E-state index contributed by atoms with van der Waals surface area (Å²) in [5, 5.41) is 3.37. The molecule has 1 N–H and O–H groups in total. The molecule has 3 heteroatoms. The van der Waals surface area contributed by atoms with E-state index in [2.05, 4.69) is 21.2 Å². The first-order chi connectivity index (χ1) is 6.75. The van der Waals surface area contributed by atoms with Crippen LogP contribution in [0, 0.1) is 5.82 Å². The summed E-state index contributed by atoms with van der Waals surface area (Å²) >= 11 is 3.36. The highest BCUT2D eigenvalue weighted by atomic mass is 79.9. The summed E-state index contributed by atoms with van der Waals surface area (Å²) < 4.78 is 14.3. The highest BCUT2D eigenvalue weighted by molar-refractivity contribution is 9.10. The van der Waals surface area contributed by atoms with Gasteiger partial charge in [0.15, 0.2) is 0 Å². The number of rotatable bonds is 2. The Morgan fingerprint density at radius 1 is 1.50 bits per heavy atom. The highest BCUT2D eigenvalue weighted by Gasteiger charge is 2.16. The van der Waals surface area contributed by atoms with Crippen molar-refractivity contribution in [2.75, 3.05) is 6.54 Å². The van der Waals surface area contributed by atoms with E-state index in [1.807, 2.05) is 6.07 Å². The third kappa shape index (κ3) is 2.34. The van der Waals surface area contributed by atoms with Gasteiger partial charge in [-0.05, 0) is 49.6 Å². The minimum absolute atomic E-state index is 0.0955. The van der Waals surface area contributed by atoms with Crippen molar-refractivity contribution in [3.63, 3.8) is 0 Å². The number of nitrogens with one attached hydrogen (secondary N) is 1. The Balaban J connectivity index is 2.10. The van der Waals surface area contributed by atoms with Gasteiger partial charge in [-0.2, -0.15) is 0 Å². The van der Waals surface area contributed by atoms with Crippen LogP contribution in [0.1, 0.15) is 18.4 Å². The summed E-state index contributed by atoms with van der Waals surface area (Å²) in [7, 11) is 0. The average Bonchev–Trinajstić information content (AvgIpc) is 2.64. The lowest BCUT2D eigenvalue weighted by Crippen LogP contribution is -2.24. The van der Waals surface area contributed by atoms with Crippen LogP contribution in [0.15, 0.2) is 22.7 Å². The van der Waals surface area contributed by atoms with Gasteiger partial charge in [-0.25, -0.2) is 4.39 Å². The van der Waals surface area contributed by atoms with E-state index >= 15 is 0 Å². The van der Waals surface area contributed by atoms with Crippen LogP contribution < -0.4 is 5.32 Å². The van der Waals surface area contributed by atoms with E-state index < -0.39 is 0 Å². The number of hydrogen-bond donors (Lipinski definition) is 1. The van der Waals surface area contributed by atoms with Crippen molar-refractivity contribution in [2.45, 2.75) is 25.3 Å². The van der Waals surface area contributed by atoms with Crippen molar-refractivity contribution < 1.29 is 4.39 Å². The van der Waals surface area contributed by atoms with E-state index in [0.29, 0.717) is 6.04 Å². The molecular weight excluding hydrogens is 245 g/mol. The second-order valence-electron chi connectivity index (χ2n) is 3.73. The SMILES string of the molecule is Fc1ccc(Br)cc1CC1CCCN1. The molecule has 1 heterocycles. The molecule has 1 atom stereocenters. The van der Waals surface area contributed by atoms with Crippen molar-refractivity contribution >= 4 is 15.9 Å². The zero-order chi connectivity index (χ0) is 9.97. The predicted molar refractivity (Wildman–Crippen MR) is 58.8 cm³/mol. The zero-order valence-corrected chi connectivity index (χ0v) is 9.48. The molecule has 1 aromatic carbocycles. The van der Waals surface area contributed by atoms with Crippen LogP contribution in [0.25, 0.3) is 0 Å². The fraction of sp³-hybridized carbons (Fsp3) is 0.455. The Bertz CT molecular complexity index is 321. The molecule has 1 aliphatic heterocycles. The first-order valence-corrected chi connectivity index (χ1v) is 5.72. The lowest BCUT2D eigenvalue weighted by Gasteiger charge is -2.10. The molecule has 76 valence electrons. The zero-order valence-electron chi connectivity index (χ0n) is 7.89. The molecule has 1 nitrogen and oxygen atoms in total. The van der Waals surface area contributed by atoms with E-state index in [-0.39, 0.29) is 5.82 Å². The van der Waals surface area contributed by atoms with Crippen molar-refractivity contribution in [2.24, 2.45) is 0 Å². The number of halogens is 2. The molecule has 1 saturated heterocycles. The maximum atomic E-state index is 13.4. The third-order valence-corrected chi connectivity index (χ3v) is 3.13. The summed E-state index contributed by atoms with van der Waals surface area (Å²) in [6.07, 6.45) is 3.16. The molecule has 0 radical (unpaired) electrons. The van der Waals surface area contributed by atoms with Crippen LogP contribution in [0.4, 0.5) is 4.39 Å².